The summed E-state index contributed by atoms with van der Waals surface area (Å²) in [5.41, 5.74) is 0. The molecule has 0 aromatic heterocycles. The van der Waals surface area contributed by atoms with E-state index in [4.69, 9.17) is 13.3 Å². The van der Waals surface area contributed by atoms with E-state index in [0.717, 1.165) is 0 Å². The minimum absolute atomic E-state index is 0.0274. The van der Waals surface area contributed by atoms with Crippen LogP contribution in [-0.2, 0) is 13.3 Å². The zero-order valence-corrected chi connectivity index (χ0v) is 15.0. The molecule has 0 N–H and O–H groups in total. The van der Waals surface area contributed by atoms with Gasteiger partial charge >= 0.3 is 9.53 Å². The van der Waals surface area contributed by atoms with Crippen molar-refractivity contribution in [2.45, 2.75) is 39.5 Å². The number of hydrogen-bond donors (Lipinski definition) is 0. The molecular formula is C12H31N3O3Si. The van der Waals surface area contributed by atoms with Crippen LogP contribution in [0.15, 0.2) is 0 Å². The zero-order valence-electron chi connectivity index (χ0n) is 13.9. The van der Waals surface area contributed by atoms with Gasteiger partial charge in [-0.1, -0.05) is 0 Å². The Kier molecular flexibility index (Phi) is 9.00. The topological polar surface area (TPSA) is 37.4 Å². The standard InChI is InChI=1S/C12H31N3O3Si/c1-10(13(4)5)16-19(17-11(2)14(6)7)18-12(3)15(8)9/h10-12,19H,1-9H3. The van der Waals surface area contributed by atoms with Gasteiger partial charge < -0.3 is 13.3 Å². The lowest BCUT2D eigenvalue weighted by Gasteiger charge is -2.32. The van der Waals surface area contributed by atoms with Crippen LogP contribution in [0, 0.1) is 0 Å². The Hall–Kier alpha value is -0.0231. The summed E-state index contributed by atoms with van der Waals surface area (Å²) in [5, 5.41) is 0. The third kappa shape index (κ3) is 7.98. The van der Waals surface area contributed by atoms with Crippen LogP contribution in [0.3, 0.4) is 0 Å². The van der Waals surface area contributed by atoms with Crippen LogP contribution in [0.1, 0.15) is 20.8 Å². The van der Waals surface area contributed by atoms with Crippen LogP contribution in [0.2, 0.25) is 0 Å². The molecule has 0 aliphatic carbocycles. The van der Waals surface area contributed by atoms with Gasteiger partial charge in [0.2, 0.25) is 0 Å². The summed E-state index contributed by atoms with van der Waals surface area (Å²) in [5.74, 6) is 0. The molecule has 0 fully saturated rings. The number of nitrogens with zero attached hydrogens (tertiary/aromatic N) is 3. The Bertz CT molecular complexity index is 204. The molecule has 0 spiro atoms. The molecule has 0 rings (SSSR count). The maximum atomic E-state index is 5.92. The van der Waals surface area contributed by atoms with E-state index in [0.29, 0.717) is 0 Å². The third-order valence-corrected chi connectivity index (χ3v) is 4.95. The SMILES string of the molecule is CC(O[SiH](OC(C)N(C)C)OC(C)N(C)C)N(C)C. The summed E-state index contributed by atoms with van der Waals surface area (Å²) >= 11 is 0. The van der Waals surface area contributed by atoms with Crippen molar-refractivity contribution in [1.82, 2.24) is 14.7 Å². The van der Waals surface area contributed by atoms with E-state index in [-0.39, 0.29) is 18.7 Å². The van der Waals surface area contributed by atoms with Crippen molar-refractivity contribution in [2.75, 3.05) is 42.3 Å². The van der Waals surface area contributed by atoms with Gasteiger partial charge in [-0.05, 0) is 63.1 Å². The first-order valence-corrected chi connectivity index (χ1v) is 8.02. The van der Waals surface area contributed by atoms with Crippen molar-refractivity contribution < 1.29 is 13.3 Å². The Labute approximate surface area is 120 Å². The molecule has 3 atom stereocenters. The van der Waals surface area contributed by atoms with E-state index >= 15 is 0 Å². The van der Waals surface area contributed by atoms with Crippen molar-refractivity contribution in [1.29, 1.82) is 0 Å². The monoisotopic (exact) mass is 293 g/mol. The lowest BCUT2D eigenvalue weighted by molar-refractivity contribution is -0.0650. The van der Waals surface area contributed by atoms with E-state index < -0.39 is 9.53 Å². The molecule has 116 valence electrons. The zero-order chi connectivity index (χ0) is 15.2. The van der Waals surface area contributed by atoms with Crippen LogP contribution in [0.4, 0.5) is 0 Å². The lowest BCUT2D eigenvalue weighted by Crippen LogP contribution is -2.45. The highest BCUT2D eigenvalue weighted by molar-refractivity contribution is 6.36. The second kappa shape index (κ2) is 9.01. The summed E-state index contributed by atoms with van der Waals surface area (Å²) < 4.78 is 17.8. The predicted octanol–water partition coefficient (Wildman–Crippen LogP) is 0.476. The average molecular weight is 293 g/mol. The van der Waals surface area contributed by atoms with Crippen molar-refractivity contribution in [3.05, 3.63) is 0 Å². The van der Waals surface area contributed by atoms with Crippen molar-refractivity contribution in [3.8, 4) is 0 Å². The van der Waals surface area contributed by atoms with E-state index in [1.807, 2.05) is 77.8 Å². The first-order chi connectivity index (χ1) is 8.65. The second-order valence-electron chi connectivity index (χ2n) is 5.39. The Morgan fingerprint density at radius 2 is 0.789 bits per heavy atom. The molecule has 0 radical (unpaired) electrons. The van der Waals surface area contributed by atoms with Gasteiger partial charge in [0, 0.05) is 0 Å². The van der Waals surface area contributed by atoms with Gasteiger partial charge in [-0.25, -0.2) is 0 Å². The van der Waals surface area contributed by atoms with Gasteiger partial charge in [0.25, 0.3) is 0 Å². The molecule has 0 aliphatic rings. The molecule has 0 bridgehead atoms. The highest BCUT2D eigenvalue weighted by Gasteiger charge is 2.26. The van der Waals surface area contributed by atoms with Gasteiger partial charge in [-0.3, -0.25) is 14.7 Å². The molecular weight excluding hydrogens is 262 g/mol. The third-order valence-electron chi connectivity index (χ3n) is 3.11. The first-order valence-electron chi connectivity index (χ1n) is 6.60. The minimum Gasteiger partial charge on any atom is -0.360 e. The summed E-state index contributed by atoms with van der Waals surface area (Å²) in [7, 11) is 9.64. The summed E-state index contributed by atoms with van der Waals surface area (Å²) in [4.78, 5) is 5.98. The molecule has 0 saturated heterocycles. The Morgan fingerprint density at radius 1 is 0.579 bits per heavy atom. The fourth-order valence-corrected chi connectivity index (χ4v) is 2.83. The summed E-state index contributed by atoms with van der Waals surface area (Å²) in [6, 6.07) is 0. The quantitative estimate of drug-likeness (QED) is 0.455. The van der Waals surface area contributed by atoms with Crippen LogP contribution < -0.4 is 0 Å². The molecule has 0 amide bonds. The van der Waals surface area contributed by atoms with Crippen molar-refractivity contribution in [3.63, 3.8) is 0 Å². The van der Waals surface area contributed by atoms with Crippen LogP contribution in [0.5, 0.6) is 0 Å². The predicted molar refractivity (Wildman–Crippen MR) is 79.9 cm³/mol. The molecule has 6 nitrogen and oxygen atoms in total. The highest BCUT2D eigenvalue weighted by Crippen LogP contribution is 2.08. The van der Waals surface area contributed by atoms with Crippen LogP contribution >= 0.6 is 0 Å². The minimum atomic E-state index is -2.20. The van der Waals surface area contributed by atoms with Crippen molar-refractivity contribution >= 4 is 9.53 Å². The van der Waals surface area contributed by atoms with Gasteiger partial charge in [0.15, 0.2) is 0 Å². The first kappa shape index (κ1) is 19.0. The lowest BCUT2D eigenvalue weighted by atomic mass is 10.6. The molecule has 0 aliphatic heterocycles. The van der Waals surface area contributed by atoms with Gasteiger partial charge in [-0.15, -0.1) is 0 Å². The molecule has 7 heteroatoms. The molecule has 3 unspecified atom stereocenters. The van der Waals surface area contributed by atoms with Gasteiger partial charge in [0.05, 0.1) is 0 Å². The fourth-order valence-electron chi connectivity index (χ4n) is 0.944. The molecule has 0 aromatic rings. The van der Waals surface area contributed by atoms with Gasteiger partial charge in [-0.2, -0.15) is 0 Å². The van der Waals surface area contributed by atoms with E-state index in [9.17, 15) is 0 Å². The number of hydrogen-bond acceptors (Lipinski definition) is 6. The smallest absolute Gasteiger partial charge is 0.360 e. The van der Waals surface area contributed by atoms with E-state index in [1.165, 1.54) is 0 Å². The highest BCUT2D eigenvalue weighted by atomic mass is 28.3. The summed E-state index contributed by atoms with van der Waals surface area (Å²) in [6.07, 6.45) is -0.0822. The molecule has 0 aromatic carbocycles. The van der Waals surface area contributed by atoms with Crippen molar-refractivity contribution in [2.24, 2.45) is 0 Å². The fraction of sp³-hybridized carbons (Fsp3) is 1.00. The van der Waals surface area contributed by atoms with E-state index in [2.05, 4.69) is 0 Å². The maximum absolute atomic E-state index is 5.92. The maximum Gasteiger partial charge on any atom is 0.487 e. The number of rotatable bonds is 9. The largest absolute Gasteiger partial charge is 0.487 e. The summed E-state index contributed by atoms with van der Waals surface area (Å²) in [6.45, 7) is 5.98. The Morgan fingerprint density at radius 3 is 0.947 bits per heavy atom. The van der Waals surface area contributed by atoms with Crippen LogP contribution in [0.25, 0.3) is 0 Å². The molecule has 0 heterocycles. The molecule has 19 heavy (non-hydrogen) atoms. The Balaban J connectivity index is 4.54. The van der Waals surface area contributed by atoms with Gasteiger partial charge in [0.1, 0.15) is 18.7 Å². The average Bonchev–Trinajstić information content (AvgIpc) is 2.27. The molecule has 0 saturated carbocycles. The van der Waals surface area contributed by atoms with E-state index in [1.54, 1.807) is 0 Å². The second-order valence-corrected chi connectivity index (χ2v) is 6.78. The normalized spacial score (nSPS) is 18.9. The van der Waals surface area contributed by atoms with Crippen LogP contribution in [-0.4, -0.2) is 85.2 Å².